The van der Waals surface area contributed by atoms with Gasteiger partial charge in [-0.15, -0.1) is 0 Å². The molecule has 110 valence electrons. The average molecular weight is 279 g/mol. The van der Waals surface area contributed by atoms with Crippen molar-refractivity contribution in [2.45, 2.75) is 45.6 Å². The monoisotopic (exact) mass is 279 g/mol. The minimum absolute atomic E-state index is 0.0272. The van der Waals surface area contributed by atoms with E-state index in [4.69, 9.17) is 10.1 Å². The van der Waals surface area contributed by atoms with Crippen LogP contribution in [0.3, 0.4) is 0 Å². The Morgan fingerprint density at radius 3 is 2.45 bits per heavy atom. The van der Waals surface area contributed by atoms with E-state index in [0.29, 0.717) is 5.56 Å². The van der Waals surface area contributed by atoms with Crippen LogP contribution in [-0.4, -0.2) is 27.5 Å². The van der Waals surface area contributed by atoms with Crippen LogP contribution in [-0.2, 0) is 9.53 Å². The van der Waals surface area contributed by atoms with Crippen molar-refractivity contribution in [2.24, 2.45) is 0 Å². The number of carbonyl (C=O) groups excluding carboxylic acids is 1. The molecule has 1 rings (SSSR count). The lowest BCUT2D eigenvalue weighted by atomic mass is 9.94. The lowest BCUT2D eigenvalue weighted by Crippen LogP contribution is -2.29. The van der Waals surface area contributed by atoms with Gasteiger partial charge in [-0.3, -0.25) is 5.41 Å². The van der Waals surface area contributed by atoms with Gasteiger partial charge in [0.25, 0.3) is 0 Å². The maximum Gasteiger partial charge on any atom is 0.352 e. The van der Waals surface area contributed by atoms with Crippen LogP contribution < -0.4 is 0 Å². The minimum Gasteiger partial charge on any atom is -0.508 e. The van der Waals surface area contributed by atoms with Crippen molar-refractivity contribution in [1.29, 1.82) is 5.41 Å². The fraction of sp³-hybridized carbons (Fsp3) is 0.467. The molecule has 1 aromatic rings. The second-order valence-corrected chi connectivity index (χ2v) is 5.83. The number of hydrogen-bond acceptors (Lipinski definition) is 5. The van der Waals surface area contributed by atoms with Crippen molar-refractivity contribution in [1.82, 2.24) is 0 Å². The molecule has 5 heteroatoms. The predicted octanol–water partition coefficient (Wildman–Crippen LogP) is 2.95. The molecule has 0 saturated carbocycles. The predicted molar refractivity (Wildman–Crippen MR) is 76.4 cm³/mol. The van der Waals surface area contributed by atoms with Gasteiger partial charge in [-0.2, -0.15) is 0 Å². The smallest absolute Gasteiger partial charge is 0.352 e. The van der Waals surface area contributed by atoms with Crippen LogP contribution in [0.5, 0.6) is 11.5 Å². The highest BCUT2D eigenvalue weighted by Crippen LogP contribution is 2.31. The first-order valence-electron chi connectivity index (χ1n) is 6.43. The highest BCUT2D eigenvalue weighted by atomic mass is 16.6. The first kappa shape index (κ1) is 16.0. The molecule has 0 aromatic heterocycles. The Bertz CT molecular complexity index is 517. The number of nitrogens with one attached hydrogen (secondary N) is 1. The van der Waals surface area contributed by atoms with Gasteiger partial charge < -0.3 is 14.9 Å². The molecule has 20 heavy (non-hydrogen) atoms. The van der Waals surface area contributed by atoms with Crippen molar-refractivity contribution >= 4 is 11.7 Å². The first-order valence-corrected chi connectivity index (χ1v) is 6.43. The number of hydrogen-bond donors (Lipinski definition) is 3. The van der Waals surface area contributed by atoms with Crippen molar-refractivity contribution in [3.63, 3.8) is 0 Å². The number of aromatic hydroxyl groups is 2. The number of benzene rings is 1. The Morgan fingerprint density at radius 1 is 1.35 bits per heavy atom. The van der Waals surface area contributed by atoms with Crippen LogP contribution in [0.25, 0.3) is 0 Å². The highest BCUT2D eigenvalue weighted by Gasteiger charge is 2.22. The highest BCUT2D eigenvalue weighted by molar-refractivity contribution is 6.35. The van der Waals surface area contributed by atoms with Crippen LogP contribution in [0.4, 0.5) is 0 Å². The summed E-state index contributed by atoms with van der Waals surface area (Å²) >= 11 is 0. The molecule has 5 nitrogen and oxygen atoms in total. The molecule has 0 bridgehead atoms. The summed E-state index contributed by atoms with van der Waals surface area (Å²) in [4.78, 5) is 11.7. The molecule has 1 aromatic carbocycles. The summed E-state index contributed by atoms with van der Waals surface area (Å²) in [5.41, 5.74) is -0.191. The number of phenolic OH excluding ortho intramolecular Hbond substituents is 2. The maximum absolute atomic E-state index is 11.7. The molecule has 0 aliphatic heterocycles. The van der Waals surface area contributed by atoms with Crippen LogP contribution in [0.1, 0.15) is 45.6 Å². The van der Waals surface area contributed by atoms with E-state index in [0.717, 1.165) is 0 Å². The summed E-state index contributed by atoms with van der Waals surface area (Å²) < 4.78 is 5.12. The molecule has 0 aliphatic rings. The van der Waals surface area contributed by atoms with E-state index in [1.807, 2.05) is 0 Å². The van der Waals surface area contributed by atoms with E-state index in [-0.39, 0.29) is 29.5 Å². The van der Waals surface area contributed by atoms with E-state index in [2.05, 4.69) is 0 Å². The molecule has 0 aliphatic carbocycles. The summed E-state index contributed by atoms with van der Waals surface area (Å²) in [5.74, 6) is -0.951. The number of ether oxygens (including phenoxy) is 1. The van der Waals surface area contributed by atoms with Crippen molar-refractivity contribution in [2.75, 3.05) is 0 Å². The number of carbonyl (C=O) groups is 1. The van der Waals surface area contributed by atoms with Gasteiger partial charge in [0, 0.05) is 12.5 Å². The fourth-order valence-corrected chi connectivity index (χ4v) is 1.79. The molecule has 0 spiro atoms. The first-order chi connectivity index (χ1) is 9.10. The van der Waals surface area contributed by atoms with E-state index >= 15 is 0 Å². The Kier molecular flexibility index (Phi) is 4.76. The lowest BCUT2D eigenvalue weighted by Gasteiger charge is -2.20. The number of phenols is 2. The third-order valence-electron chi connectivity index (χ3n) is 2.70. The molecule has 1 unspecified atom stereocenters. The molecule has 0 heterocycles. The molecular formula is C15H21NO4. The van der Waals surface area contributed by atoms with Crippen molar-refractivity contribution in [3.05, 3.63) is 23.8 Å². The Labute approximate surface area is 118 Å². The van der Waals surface area contributed by atoms with Crippen LogP contribution in [0.2, 0.25) is 0 Å². The number of esters is 1. The van der Waals surface area contributed by atoms with Crippen molar-refractivity contribution in [3.8, 4) is 11.5 Å². The fourth-order valence-electron chi connectivity index (χ4n) is 1.79. The second kappa shape index (κ2) is 5.94. The summed E-state index contributed by atoms with van der Waals surface area (Å²) in [6, 6.07) is 4.28. The maximum atomic E-state index is 11.7. The van der Waals surface area contributed by atoms with E-state index in [1.54, 1.807) is 33.8 Å². The molecule has 0 fully saturated rings. The van der Waals surface area contributed by atoms with Gasteiger partial charge in [0.1, 0.15) is 22.8 Å². The van der Waals surface area contributed by atoms with Gasteiger partial charge in [-0.25, -0.2) is 4.79 Å². The quantitative estimate of drug-likeness (QED) is 0.583. The van der Waals surface area contributed by atoms with Gasteiger partial charge in [-0.05, 0) is 38.3 Å². The SMILES string of the molecule is CC(CC(=N)C(=O)OC(C)(C)C)c1ccc(O)cc1O. The average Bonchev–Trinajstić information content (AvgIpc) is 2.26. The number of rotatable bonds is 4. The Balaban J connectivity index is 2.73. The molecular weight excluding hydrogens is 258 g/mol. The van der Waals surface area contributed by atoms with E-state index < -0.39 is 11.6 Å². The normalized spacial score (nSPS) is 12.8. The third-order valence-corrected chi connectivity index (χ3v) is 2.70. The van der Waals surface area contributed by atoms with Gasteiger partial charge >= 0.3 is 5.97 Å². The molecule has 3 N–H and O–H groups in total. The van der Waals surface area contributed by atoms with E-state index in [9.17, 15) is 15.0 Å². The summed E-state index contributed by atoms with van der Waals surface area (Å²) in [7, 11) is 0. The molecule has 0 saturated heterocycles. The largest absolute Gasteiger partial charge is 0.508 e. The van der Waals surface area contributed by atoms with Gasteiger partial charge in [0.05, 0.1) is 0 Å². The topological polar surface area (TPSA) is 90.6 Å². The molecule has 0 amide bonds. The minimum atomic E-state index is -0.650. The van der Waals surface area contributed by atoms with E-state index in [1.165, 1.54) is 12.1 Å². The van der Waals surface area contributed by atoms with Crippen LogP contribution in [0.15, 0.2) is 18.2 Å². The molecule has 0 radical (unpaired) electrons. The van der Waals surface area contributed by atoms with Crippen LogP contribution >= 0.6 is 0 Å². The lowest BCUT2D eigenvalue weighted by molar-refractivity contribution is -0.146. The summed E-state index contributed by atoms with van der Waals surface area (Å²) in [6.45, 7) is 7.03. The zero-order chi connectivity index (χ0) is 15.5. The molecule has 1 atom stereocenters. The van der Waals surface area contributed by atoms with Crippen LogP contribution in [0, 0.1) is 5.41 Å². The van der Waals surface area contributed by atoms with Gasteiger partial charge in [0.15, 0.2) is 0 Å². The Hall–Kier alpha value is -2.04. The third kappa shape index (κ3) is 4.57. The standard InChI is InChI=1S/C15H21NO4/c1-9(11-6-5-10(17)8-13(11)18)7-12(16)14(19)20-15(2,3)4/h5-6,8-9,16-18H,7H2,1-4H3. The van der Waals surface area contributed by atoms with Crippen molar-refractivity contribution < 1.29 is 19.7 Å². The van der Waals surface area contributed by atoms with Gasteiger partial charge in [0.2, 0.25) is 0 Å². The second-order valence-electron chi connectivity index (χ2n) is 5.83. The Morgan fingerprint density at radius 2 is 1.95 bits per heavy atom. The summed E-state index contributed by atoms with van der Waals surface area (Å²) in [6.07, 6.45) is 0.160. The zero-order valence-electron chi connectivity index (χ0n) is 12.2. The zero-order valence-corrected chi connectivity index (χ0v) is 12.2. The summed E-state index contributed by atoms with van der Waals surface area (Å²) in [5, 5.41) is 26.8. The van der Waals surface area contributed by atoms with Gasteiger partial charge in [-0.1, -0.05) is 13.0 Å².